The van der Waals surface area contributed by atoms with Crippen LogP contribution in [0.2, 0.25) is 0 Å². The number of hydrogen-bond donors (Lipinski definition) is 1. The molecule has 0 aliphatic carbocycles. The number of benzene rings is 1. The fourth-order valence-corrected chi connectivity index (χ4v) is 3.63. The van der Waals surface area contributed by atoms with Crippen LogP contribution in [-0.4, -0.2) is 54.7 Å². The highest BCUT2D eigenvalue weighted by molar-refractivity contribution is 5.87. The molecule has 1 aliphatic rings. The van der Waals surface area contributed by atoms with E-state index in [1.165, 1.54) is 0 Å². The predicted molar refractivity (Wildman–Crippen MR) is 104 cm³/mol. The molecule has 1 aliphatic heterocycles. The van der Waals surface area contributed by atoms with Crippen LogP contribution in [0, 0.1) is 5.92 Å². The van der Waals surface area contributed by atoms with E-state index in [-0.39, 0.29) is 5.91 Å². The summed E-state index contributed by atoms with van der Waals surface area (Å²) >= 11 is 0. The molecule has 1 unspecified atom stereocenters. The van der Waals surface area contributed by atoms with Crippen LogP contribution in [0.1, 0.15) is 25.8 Å². The molecule has 3 rings (SSSR count). The predicted octanol–water partition coefficient (Wildman–Crippen LogP) is 2.64. The van der Waals surface area contributed by atoms with Crippen molar-refractivity contribution in [3.8, 4) is 0 Å². The largest absolute Gasteiger partial charge is 0.379 e. The molecule has 1 atom stereocenters. The molecule has 5 heteroatoms. The number of carbonyl (C=O) groups excluding carboxylic acids is 1. The number of pyridine rings is 1. The molecule has 1 fully saturated rings. The maximum atomic E-state index is 12.5. The number of hydrogen-bond acceptors (Lipinski definition) is 4. The standard InChI is InChI=1S/C21H29N3O2/c1-16(2)13-19(24-9-11-26-12-10-24)15-23-20(25)14-18-6-3-5-17-7-4-8-22-21(17)18/h3-8,16,19H,9-15H2,1-2H3,(H,23,25). The fraction of sp³-hybridized carbons (Fsp3) is 0.524. The van der Waals surface area contributed by atoms with Crippen molar-refractivity contribution in [3.05, 3.63) is 42.1 Å². The lowest BCUT2D eigenvalue weighted by molar-refractivity contribution is -0.120. The molecule has 1 aromatic carbocycles. The Balaban J connectivity index is 1.60. The number of nitrogens with one attached hydrogen (secondary N) is 1. The van der Waals surface area contributed by atoms with Crippen molar-refractivity contribution in [3.63, 3.8) is 0 Å². The van der Waals surface area contributed by atoms with Gasteiger partial charge in [0, 0.05) is 37.3 Å². The lowest BCUT2D eigenvalue weighted by Crippen LogP contribution is -2.49. The number of para-hydroxylation sites is 1. The van der Waals surface area contributed by atoms with Crippen LogP contribution >= 0.6 is 0 Å². The van der Waals surface area contributed by atoms with Crippen molar-refractivity contribution in [2.24, 2.45) is 5.92 Å². The van der Waals surface area contributed by atoms with E-state index in [9.17, 15) is 4.79 Å². The maximum absolute atomic E-state index is 12.5. The van der Waals surface area contributed by atoms with Gasteiger partial charge in [0.25, 0.3) is 0 Å². The van der Waals surface area contributed by atoms with Gasteiger partial charge >= 0.3 is 0 Å². The Morgan fingerprint density at radius 2 is 2.00 bits per heavy atom. The number of nitrogens with zero attached hydrogens (tertiary/aromatic N) is 2. The van der Waals surface area contributed by atoms with Gasteiger partial charge in [-0.3, -0.25) is 14.7 Å². The summed E-state index contributed by atoms with van der Waals surface area (Å²) in [6.07, 6.45) is 3.22. The average Bonchev–Trinajstić information content (AvgIpc) is 2.66. The number of fused-ring (bicyclic) bond motifs is 1. The molecule has 0 bridgehead atoms. The highest BCUT2D eigenvalue weighted by Crippen LogP contribution is 2.17. The van der Waals surface area contributed by atoms with Gasteiger partial charge in [0.2, 0.25) is 5.91 Å². The Morgan fingerprint density at radius 1 is 1.23 bits per heavy atom. The Bertz CT molecular complexity index is 721. The van der Waals surface area contributed by atoms with Gasteiger partial charge in [0.05, 0.1) is 25.2 Å². The van der Waals surface area contributed by atoms with E-state index in [1.807, 2.05) is 30.3 Å². The molecule has 2 aromatic rings. The van der Waals surface area contributed by atoms with E-state index in [4.69, 9.17) is 4.74 Å². The summed E-state index contributed by atoms with van der Waals surface area (Å²) in [5.74, 6) is 0.659. The Labute approximate surface area is 155 Å². The second-order valence-corrected chi connectivity index (χ2v) is 7.40. The van der Waals surface area contributed by atoms with Crippen LogP contribution in [0.15, 0.2) is 36.5 Å². The summed E-state index contributed by atoms with van der Waals surface area (Å²) in [6.45, 7) is 8.61. The summed E-state index contributed by atoms with van der Waals surface area (Å²) in [4.78, 5) is 19.4. The molecule has 2 heterocycles. The van der Waals surface area contributed by atoms with Crippen LogP contribution in [0.5, 0.6) is 0 Å². The molecule has 5 nitrogen and oxygen atoms in total. The highest BCUT2D eigenvalue weighted by Gasteiger charge is 2.22. The molecular weight excluding hydrogens is 326 g/mol. The van der Waals surface area contributed by atoms with Gasteiger partial charge in [-0.15, -0.1) is 0 Å². The summed E-state index contributed by atoms with van der Waals surface area (Å²) < 4.78 is 5.46. The quantitative estimate of drug-likeness (QED) is 0.830. The van der Waals surface area contributed by atoms with Crippen LogP contribution in [0.4, 0.5) is 0 Å². The van der Waals surface area contributed by atoms with E-state index >= 15 is 0 Å². The third-order valence-electron chi connectivity index (χ3n) is 4.91. The summed E-state index contributed by atoms with van der Waals surface area (Å²) in [6, 6.07) is 10.3. The first-order valence-electron chi connectivity index (χ1n) is 9.54. The van der Waals surface area contributed by atoms with Crippen molar-refractivity contribution in [2.75, 3.05) is 32.8 Å². The van der Waals surface area contributed by atoms with Gasteiger partial charge in [0.1, 0.15) is 0 Å². The summed E-state index contributed by atoms with van der Waals surface area (Å²) in [5.41, 5.74) is 1.89. The molecule has 1 N–H and O–H groups in total. The molecule has 140 valence electrons. The molecule has 26 heavy (non-hydrogen) atoms. The molecule has 1 saturated heterocycles. The van der Waals surface area contributed by atoms with Gasteiger partial charge in [-0.05, 0) is 24.0 Å². The third kappa shape index (κ3) is 5.02. The lowest BCUT2D eigenvalue weighted by Gasteiger charge is -2.35. The first-order chi connectivity index (χ1) is 12.6. The molecular formula is C21H29N3O2. The number of rotatable bonds is 7. The minimum atomic E-state index is 0.0603. The highest BCUT2D eigenvalue weighted by atomic mass is 16.5. The van der Waals surface area contributed by atoms with Crippen molar-refractivity contribution in [1.29, 1.82) is 0 Å². The summed E-state index contributed by atoms with van der Waals surface area (Å²) in [5, 5.41) is 4.22. The molecule has 1 amide bonds. The summed E-state index contributed by atoms with van der Waals surface area (Å²) in [7, 11) is 0. The first kappa shape index (κ1) is 18.8. The van der Waals surface area contributed by atoms with Crippen LogP contribution in [-0.2, 0) is 16.0 Å². The number of morpholine rings is 1. The second-order valence-electron chi connectivity index (χ2n) is 7.40. The van der Waals surface area contributed by atoms with Crippen molar-refractivity contribution >= 4 is 16.8 Å². The van der Waals surface area contributed by atoms with E-state index in [0.29, 0.717) is 24.9 Å². The van der Waals surface area contributed by atoms with Crippen molar-refractivity contribution < 1.29 is 9.53 Å². The van der Waals surface area contributed by atoms with Gasteiger partial charge in [-0.2, -0.15) is 0 Å². The number of amides is 1. The van der Waals surface area contributed by atoms with Gasteiger partial charge in [-0.1, -0.05) is 38.1 Å². The number of ether oxygens (including phenoxy) is 1. The molecule has 0 spiro atoms. The van der Waals surface area contributed by atoms with Gasteiger partial charge in [0.15, 0.2) is 0 Å². The van der Waals surface area contributed by atoms with Crippen LogP contribution in [0.25, 0.3) is 10.9 Å². The lowest BCUT2D eigenvalue weighted by atomic mass is 10.0. The van der Waals surface area contributed by atoms with E-state index in [0.717, 1.165) is 49.2 Å². The van der Waals surface area contributed by atoms with Gasteiger partial charge in [-0.25, -0.2) is 0 Å². The van der Waals surface area contributed by atoms with Crippen molar-refractivity contribution in [1.82, 2.24) is 15.2 Å². The molecule has 1 aromatic heterocycles. The van der Waals surface area contributed by atoms with Crippen LogP contribution in [0.3, 0.4) is 0 Å². The van der Waals surface area contributed by atoms with E-state index < -0.39 is 0 Å². The number of carbonyl (C=O) groups is 1. The van der Waals surface area contributed by atoms with Crippen LogP contribution < -0.4 is 5.32 Å². The van der Waals surface area contributed by atoms with Gasteiger partial charge < -0.3 is 10.1 Å². The minimum absolute atomic E-state index is 0.0603. The molecule has 0 saturated carbocycles. The molecule has 0 radical (unpaired) electrons. The topological polar surface area (TPSA) is 54.5 Å². The van der Waals surface area contributed by atoms with E-state index in [1.54, 1.807) is 6.20 Å². The van der Waals surface area contributed by atoms with E-state index in [2.05, 4.69) is 29.0 Å². The Hall–Kier alpha value is -1.98. The monoisotopic (exact) mass is 355 g/mol. The minimum Gasteiger partial charge on any atom is -0.379 e. The fourth-order valence-electron chi connectivity index (χ4n) is 3.63. The third-order valence-corrected chi connectivity index (χ3v) is 4.91. The SMILES string of the molecule is CC(C)CC(CNC(=O)Cc1cccc2cccnc12)N1CCOCC1. The Kier molecular flexibility index (Phi) is 6.58. The first-order valence-corrected chi connectivity index (χ1v) is 9.54. The zero-order valence-electron chi connectivity index (χ0n) is 15.8. The zero-order chi connectivity index (χ0) is 18.4. The Morgan fingerprint density at radius 3 is 2.77 bits per heavy atom. The van der Waals surface area contributed by atoms with Crippen molar-refractivity contribution in [2.45, 2.75) is 32.7 Å². The average molecular weight is 355 g/mol. The maximum Gasteiger partial charge on any atom is 0.224 e. The smallest absolute Gasteiger partial charge is 0.224 e. The second kappa shape index (κ2) is 9.10. The zero-order valence-corrected chi connectivity index (χ0v) is 15.8. The number of aromatic nitrogens is 1. The normalized spacial score (nSPS) is 16.7.